The molecule has 0 aliphatic carbocycles. The summed E-state index contributed by atoms with van der Waals surface area (Å²) in [5.74, 6) is 0.806. The Morgan fingerprint density at radius 3 is 2.31 bits per heavy atom. The van der Waals surface area contributed by atoms with Crippen LogP contribution in [0.5, 0.6) is 5.75 Å². The minimum absolute atomic E-state index is 0.0556. The molecule has 1 N–H and O–H groups in total. The van der Waals surface area contributed by atoms with Crippen molar-refractivity contribution in [2.75, 3.05) is 11.9 Å². The Morgan fingerprint density at radius 1 is 1.15 bits per heavy atom. The van der Waals surface area contributed by atoms with E-state index in [-0.39, 0.29) is 5.57 Å². The third-order valence-corrected chi connectivity index (χ3v) is 3.62. The summed E-state index contributed by atoms with van der Waals surface area (Å²) in [7, 11) is 0. The highest BCUT2D eigenvalue weighted by atomic mass is 16.5. The van der Waals surface area contributed by atoms with Gasteiger partial charge in [0.05, 0.1) is 6.61 Å². The standard InChI is InChI=1S/C22H24N2O2/c1-15(2)14-26-21-7-5-18(6-8-21)12-19(13-23)22(25)24-20-10-16(3)9-17(4)11-20/h5-12,15H,14H2,1-4H3,(H,24,25). The predicted molar refractivity (Wildman–Crippen MR) is 105 cm³/mol. The van der Waals surface area contributed by atoms with E-state index in [0.717, 1.165) is 22.4 Å². The van der Waals surface area contributed by atoms with Gasteiger partial charge in [0.25, 0.3) is 5.91 Å². The smallest absolute Gasteiger partial charge is 0.266 e. The fourth-order valence-corrected chi connectivity index (χ4v) is 2.48. The van der Waals surface area contributed by atoms with Crippen LogP contribution in [0.4, 0.5) is 5.69 Å². The number of carbonyl (C=O) groups excluding carboxylic acids is 1. The van der Waals surface area contributed by atoms with Crippen LogP contribution in [-0.2, 0) is 4.79 Å². The van der Waals surface area contributed by atoms with E-state index in [1.54, 1.807) is 6.08 Å². The largest absolute Gasteiger partial charge is 0.493 e. The number of aryl methyl sites for hydroxylation is 2. The monoisotopic (exact) mass is 348 g/mol. The summed E-state index contributed by atoms with van der Waals surface area (Å²) in [4.78, 5) is 12.4. The van der Waals surface area contributed by atoms with E-state index in [4.69, 9.17) is 4.74 Å². The molecule has 4 nitrogen and oxygen atoms in total. The third-order valence-electron chi connectivity index (χ3n) is 3.62. The minimum atomic E-state index is -0.419. The van der Waals surface area contributed by atoms with Crippen LogP contribution < -0.4 is 10.1 Å². The number of nitriles is 1. The van der Waals surface area contributed by atoms with E-state index in [1.807, 2.05) is 62.4 Å². The van der Waals surface area contributed by atoms with Gasteiger partial charge in [-0.2, -0.15) is 5.26 Å². The molecule has 2 aromatic carbocycles. The van der Waals surface area contributed by atoms with Crippen molar-refractivity contribution in [3.05, 3.63) is 64.7 Å². The third kappa shape index (κ3) is 5.78. The maximum Gasteiger partial charge on any atom is 0.266 e. The fourth-order valence-electron chi connectivity index (χ4n) is 2.48. The fraction of sp³-hybridized carbons (Fsp3) is 0.273. The molecule has 2 rings (SSSR count). The van der Waals surface area contributed by atoms with Gasteiger partial charge >= 0.3 is 0 Å². The SMILES string of the molecule is Cc1cc(C)cc(NC(=O)C(C#N)=Cc2ccc(OCC(C)C)cc2)c1. The lowest BCUT2D eigenvalue weighted by atomic mass is 10.1. The zero-order chi connectivity index (χ0) is 19.1. The molecular formula is C22H24N2O2. The predicted octanol–water partition coefficient (Wildman–Crippen LogP) is 4.88. The Bertz CT molecular complexity index is 823. The van der Waals surface area contributed by atoms with Crippen LogP contribution in [0.15, 0.2) is 48.0 Å². The number of nitrogens with zero attached hydrogens (tertiary/aromatic N) is 1. The van der Waals surface area contributed by atoms with E-state index in [9.17, 15) is 10.1 Å². The molecule has 0 bridgehead atoms. The van der Waals surface area contributed by atoms with Crippen LogP contribution in [0.2, 0.25) is 0 Å². The van der Waals surface area contributed by atoms with Crippen LogP contribution in [0.1, 0.15) is 30.5 Å². The first-order valence-electron chi connectivity index (χ1n) is 8.61. The molecule has 0 aromatic heterocycles. The first-order valence-corrected chi connectivity index (χ1v) is 8.61. The first-order chi connectivity index (χ1) is 12.4. The van der Waals surface area contributed by atoms with Crippen LogP contribution in [0, 0.1) is 31.1 Å². The van der Waals surface area contributed by atoms with Crippen molar-refractivity contribution < 1.29 is 9.53 Å². The number of benzene rings is 2. The zero-order valence-electron chi connectivity index (χ0n) is 15.7. The molecule has 0 radical (unpaired) electrons. The molecule has 134 valence electrons. The maximum atomic E-state index is 12.4. The molecule has 0 unspecified atom stereocenters. The van der Waals surface area contributed by atoms with Crippen LogP contribution in [0.25, 0.3) is 6.08 Å². The summed E-state index contributed by atoms with van der Waals surface area (Å²) < 4.78 is 5.64. The van der Waals surface area contributed by atoms with Crippen molar-refractivity contribution >= 4 is 17.7 Å². The van der Waals surface area contributed by atoms with Crippen LogP contribution >= 0.6 is 0 Å². The van der Waals surface area contributed by atoms with Gasteiger partial charge in [0.15, 0.2) is 0 Å². The molecule has 1 amide bonds. The molecule has 0 fully saturated rings. The van der Waals surface area contributed by atoms with Gasteiger partial charge in [-0.15, -0.1) is 0 Å². The highest BCUT2D eigenvalue weighted by Crippen LogP contribution is 2.17. The Balaban J connectivity index is 2.11. The number of anilines is 1. The van der Waals surface area contributed by atoms with Crippen molar-refractivity contribution in [3.63, 3.8) is 0 Å². The molecule has 4 heteroatoms. The second-order valence-electron chi connectivity index (χ2n) is 6.77. The highest BCUT2D eigenvalue weighted by Gasteiger charge is 2.10. The van der Waals surface area contributed by atoms with Gasteiger partial charge in [-0.05, 0) is 66.8 Å². The Morgan fingerprint density at radius 2 is 1.77 bits per heavy atom. The summed E-state index contributed by atoms with van der Waals surface area (Å²) in [5.41, 5.74) is 3.62. The maximum absolute atomic E-state index is 12.4. The van der Waals surface area contributed by atoms with Crippen LogP contribution in [-0.4, -0.2) is 12.5 Å². The van der Waals surface area contributed by atoms with Gasteiger partial charge in [0.1, 0.15) is 17.4 Å². The lowest BCUT2D eigenvalue weighted by molar-refractivity contribution is -0.112. The molecule has 2 aromatic rings. The first kappa shape index (κ1) is 19.3. The van der Waals surface area contributed by atoms with Crippen LogP contribution in [0.3, 0.4) is 0 Å². The molecule has 0 atom stereocenters. The van der Waals surface area contributed by atoms with Gasteiger partial charge < -0.3 is 10.1 Å². The quantitative estimate of drug-likeness (QED) is 0.597. The van der Waals surface area contributed by atoms with Crippen molar-refractivity contribution in [2.45, 2.75) is 27.7 Å². The minimum Gasteiger partial charge on any atom is -0.493 e. The summed E-state index contributed by atoms with van der Waals surface area (Å²) in [6, 6.07) is 15.1. The molecule has 0 aliphatic heterocycles. The molecule has 0 aliphatic rings. The Kier molecular flexibility index (Phi) is 6.57. The lowest BCUT2D eigenvalue weighted by Crippen LogP contribution is -2.13. The zero-order valence-corrected chi connectivity index (χ0v) is 15.7. The van der Waals surface area contributed by atoms with Gasteiger partial charge in [0, 0.05) is 5.69 Å². The van der Waals surface area contributed by atoms with Crippen molar-refractivity contribution in [3.8, 4) is 11.8 Å². The molecular weight excluding hydrogens is 324 g/mol. The average molecular weight is 348 g/mol. The topological polar surface area (TPSA) is 62.1 Å². The molecule has 0 saturated carbocycles. The number of nitrogens with one attached hydrogen (secondary N) is 1. The number of rotatable bonds is 6. The highest BCUT2D eigenvalue weighted by molar-refractivity contribution is 6.09. The Hall–Kier alpha value is -3.06. The lowest BCUT2D eigenvalue weighted by Gasteiger charge is -2.09. The number of amides is 1. The molecule has 26 heavy (non-hydrogen) atoms. The number of carbonyl (C=O) groups is 1. The van der Waals surface area contributed by atoms with Gasteiger partial charge in [-0.1, -0.05) is 32.0 Å². The van der Waals surface area contributed by atoms with E-state index >= 15 is 0 Å². The van der Waals surface area contributed by atoms with Crippen molar-refractivity contribution in [2.24, 2.45) is 5.92 Å². The van der Waals surface area contributed by atoms with Gasteiger partial charge in [-0.3, -0.25) is 4.79 Å². The summed E-state index contributed by atoms with van der Waals surface area (Å²) in [5, 5.41) is 12.1. The van der Waals surface area contributed by atoms with E-state index in [0.29, 0.717) is 18.2 Å². The van der Waals surface area contributed by atoms with E-state index in [1.165, 1.54) is 0 Å². The summed E-state index contributed by atoms with van der Waals surface area (Å²) in [6.07, 6.45) is 1.57. The van der Waals surface area contributed by atoms with E-state index in [2.05, 4.69) is 19.2 Å². The number of hydrogen-bond donors (Lipinski definition) is 1. The number of hydrogen-bond acceptors (Lipinski definition) is 3. The second kappa shape index (κ2) is 8.87. The van der Waals surface area contributed by atoms with Crippen molar-refractivity contribution in [1.82, 2.24) is 0 Å². The second-order valence-corrected chi connectivity index (χ2v) is 6.77. The van der Waals surface area contributed by atoms with Gasteiger partial charge in [0.2, 0.25) is 0 Å². The molecule has 0 heterocycles. The summed E-state index contributed by atoms with van der Waals surface area (Å²) in [6.45, 7) is 8.76. The van der Waals surface area contributed by atoms with Gasteiger partial charge in [-0.25, -0.2) is 0 Å². The summed E-state index contributed by atoms with van der Waals surface area (Å²) >= 11 is 0. The number of ether oxygens (including phenoxy) is 1. The average Bonchev–Trinajstić information content (AvgIpc) is 2.57. The normalized spacial score (nSPS) is 11.2. The van der Waals surface area contributed by atoms with E-state index < -0.39 is 5.91 Å². The molecule has 0 spiro atoms. The molecule has 0 saturated heterocycles. The Labute approximate surface area is 155 Å². The van der Waals surface area contributed by atoms with Crippen molar-refractivity contribution in [1.29, 1.82) is 5.26 Å².